The fraction of sp³-hybridized carbons (Fsp3) is 0.943. The molecule has 3 aliphatic heterocycles. The van der Waals surface area contributed by atoms with Crippen LogP contribution in [0.4, 0.5) is 0 Å². The molecule has 0 aromatic heterocycles. The van der Waals surface area contributed by atoms with E-state index in [1.165, 1.54) is 27.9 Å². The Morgan fingerprint density at radius 3 is 2.10 bits per heavy atom. The molecule has 3 aliphatic rings. The number of aliphatic hydroxyl groups is 6. The maximum Gasteiger partial charge on any atom is 0.311 e. The third kappa shape index (κ3) is 9.23. The second-order valence-corrected chi connectivity index (χ2v) is 15.7. The summed E-state index contributed by atoms with van der Waals surface area (Å²) in [5, 5.41) is 67.7. The van der Waals surface area contributed by atoms with Gasteiger partial charge in [-0.1, -0.05) is 20.8 Å². The minimum absolute atomic E-state index is 0.0571. The monoisotopic (exact) mass is 721 g/mol. The van der Waals surface area contributed by atoms with E-state index in [0.717, 1.165) is 6.92 Å². The van der Waals surface area contributed by atoms with Gasteiger partial charge in [0.05, 0.1) is 41.5 Å². The van der Waals surface area contributed by atoms with E-state index >= 15 is 0 Å². The number of carbonyl (C=O) groups is 2. The number of esters is 1. The number of methoxy groups -OCH3 is 1. The van der Waals surface area contributed by atoms with E-state index in [-0.39, 0.29) is 37.8 Å². The molecule has 3 saturated heterocycles. The number of cyclic esters (lactones) is 1. The molecule has 0 spiro atoms. The first-order valence-electron chi connectivity index (χ1n) is 17.8. The Morgan fingerprint density at radius 1 is 0.900 bits per heavy atom. The summed E-state index contributed by atoms with van der Waals surface area (Å²) in [5.74, 6) is -5.12. The van der Waals surface area contributed by atoms with Crippen molar-refractivity contribution >= 4 is 11.8 Å². The van der Waals surface area contributed by atoms with Crippen molar-refractivity contribution in [1.29, 1.82) is 0 Å². The number of hydrogen-bond acceptors (Lipinski definition) is 15. The Hall–Kier alpha value is -1.34. The van der Waals surface area contributed by atoms with Crippen LogP contribution in [0.2, 0.25) is 0 Å². The van der Waals surface area contributed by atoms with Crippen molar-refractivity contribution in [3.05, 3.63) is 0 Å². The average Bonchev–Trinajstić information content (AvgIpc) is 3.04. The Balaban J connectivity index is 2.18. The van der Waals surface area contributed by atoms with E-state index in [0.29, 0.717) is 6.42 Å². The minimum atomic E-state index is -2.32. The molecule has 15 heteroatoms. The van der Waals surface area contributed by atoms with Gasteiger partial charge in [0.1, 0.15) is 36.1 Å². The van der Waals surface area contributed by atoms with E-state index in [1.54, 1.807) is 20.8 Å². The number of aliphatic hydroxyl groups excluding tert-OH is 4. The minimum Gasteiger partial charge on any atom is -0.459 e. The molecule has 292 valence electrons. The molecule has 50 heavy (non-hydrogen) atoms. The maximum atomic E-state index is 14.0. The van der Waals surface area contributed by atoms with Crippen molar-refractivity contribution in [2.24, 2.45) is 29.4 Å². The van der Waals surface area contributed by atoms with Crippen molar-refractivity contribution in [3.8, 4) is 0 Å². The Kier molecular flexibility index (Phi) is 14.4. The smallest absolute Gasteiger partial charge is 0.311 e. The highest BCUT2D eigenvalue weighted by atomic mass is 16.7. The predicted octanol–water partition coefficient (Wildman–Crippen LogP) is 0.155. The van der Waals surface area contributed by atoms with E-state index in [9.17, 15) is 40.2 Å². The Bertz CT molecular complexity index is 1140. The van der Waals surface area contributed by atoms with Gasteiger partial charge in [0.15, 0.2) is 18.4 Å². The van der Waals surface area contributed by atoms with Crippen LogP contribution >= 0.6 is 0 Å². The van der Waals surface area contributed by atoms with E-state index < -0.39 is 108 Å². The van der Waals surface area contributed by atoms with Crippen LogP contribution in [0.5, 0.6) is 0 Å². The van der Waals surface area contributed by atoms with Crippen molar-refractivity contribution in [3.63, 3.8) is 0 Å². The molecule has 0 aliphatic carbocycles. The number of ketones is 1. The molecule has 3 heterocycles. The lowest BCUT2D eigenvalue weighted by atomic mass is 9.75. The number of hydrogen-bond donors (Lipinski definition) is 7. The van der Waals surface area contributed by atoms with Gasteiger partial charge >= 0.3 is 5.97 Å². The van der Waals surface area contributed by atoms with E-state index in [2.05, 4.69) is 0 Å². The van der Waals surface area contributed by atoms with Crippen LogP contribution in [0.1, 0.15) is 88.0 Å². The van der Waals surface area contributed by atoms with Crippen LogP contribution in [0, 0.1) is 23.7 Å². The first-order chi connectivity index (χ1) is 23.0. The average molecular weight is 722 g/mol. The first kappa shape index (κ1) is 43.1. The summed E-state index contributed by atoms with van der Waals surface area (Å²) in [6, 6.07) is 0. The first-order valence-corrected chi connectivity index (χ1v) is 17.8. The molecule has 0 radical (unpaired) electrons. The normalized spacial score (nSPS) is 50.4. The molecule has 0 amide bonds. The zero-order valence-corrected chi connectivity index (χ0v) is 31.2. The number of nitrogens with two attached hydrogens (primary N) is 1. The highest BCUT2D eigenvalue weighted by molar-refractivity contribution is 5.85. The SMILES string of the molecule is COC1(C)CC(OC2C(C)C(=O)O[C@H](CCN)[C@@](C)(O)C(O)C(O)C(=O)[C@H](C)C[C@@](C)(O)C(OC3OC(C)CC(C)C3O)[C@H]2C)OC(C)C1O. The van der Waals surface area contributed by atoms with Crippen molar-refractivity contribution < 1.29 is 68.6 Å². The molecule has 13 unspecified atom stereocenters. The van der Waals surface area contributed by atoms with E-state index in [1.807, 2.05) is 13.8 Å². The number of rotatable bonds is 7. The van der Waals surface area contributed by atoms with Gasteiger partial charge in [-0.25, -0.2) is 0 Å². The molecule has 3 rings (SSSR count). The molecule has 15 nitrogen and oxygen atoms in total. The Morgan fingerprint density at radius 2 is 1.52 bits per heavy atom. The molecular formula is C35H63NO14. The van der Waals surface area contributed by atoms with Gasteiger partial charge < -0.3 is 64.8 Å². The number of ether oxygens (including phenoxy) is 6. The molecule has 0 saturated carbocycles. The van der Waals surface area contributed by atoms with E-state index in [4.69, 9.17) is 34.2 Å². The van der Waals surface area contributed by atoms with Gasteiger partial charge in [0.25, 0.3) is 0 Å². The zero-order valence-electron chi connectivity index (χ0n) is 31.2. The standard InChI is InChI=1S/C35H63NO14/c1-16-13-18(3)46-32(25(16)38)50-30-19(4)27(49-23-15-34(8,45-10)28(40)21(6)47-23)20(5)31(42)48-22(11-12-36)35(9,44)29(41)26(39)24(37)17(2)14-33(30,7)43/h16-23,25-30,32,38-41,43-44H,11-15,36H2,1-10H3/t16?,17-,18?,19+,20?,21?,22-,23?,25?,26?,27?,28?,29?,30?,32?,33-,34?,35-/m1/s1. The fourth-order valence-corrected chi connectivity index (χ4v) is 7.83. The molecule has 0 bridgehead atoms. The maximum absolute atomic E-state index is 14.0. The molecule has 0 aromatic rings. The van der Waals surface area contributed by atoms with Crippen LogP contribution in [0.25, 0.3) is 0 Å². The van der Waals surface area contributed by atoms with Gasteiger partial charge in [-0.2, -0.15) is 0 Å². The van der Waals surface area contributed by atoms with Crippen LogP contribution in [0.3, 0.4) is 0 Å². The van der Waals surface area contributed by atoms with Crippen LogP contribution in [0.15, 0.2) is 0 Å². The summed E-state index contributed by atoms with van der Waals surface area (Å²) in [4.78, 5) is 27.5. The second-order valence-electron chi connectivity index (χ2n) is 15.7. The lowest BCUT2D eigenvalue weighted by Crippen LogP contribution is -2.61. The van der Waals surface area contributed by atoms with Gasteiger partial charge in [-0.05, 0) is 73.3 Å². The second kappa shape index (κ2) is 16.8. The van der Waals surface area contributed by atoms with Crippen LogP contribution in [-0.2, 0) is 38.0 Å². The van der Waals surface area contributed by atoms with Crippen LogP contribution in [-0.4, -0.2) is 140 Å². The lowest BCUT2D eigenvalue weighted by molar-refractivity contribution is -0.317. The largest absolute Gasteiger partial charge is 0.459 e. The molecule has 18 atom stereocenters. The summed E-state index contributed by atoms with van der Waals surface area (Å²) in [5.41, 5.74) is 0.496. The van der Waals surface area contributed by atoms with Gasteiger partial charge in [0.2, 0.25) is 0 Å². The summed E-state index contributed by atoms with van der Waals surface area (Å²) in [6.07, 6.45) is -13.2. The van der Waals surface area contributed by atoms with Gasteiger partial charge in [-0.15, -0.1) is 0 Å². The van der Waals surface area contributed by atoms with Crippen molar-refractivity contribution in [2.45, 2.75) is 172 Å². The van der Waals surface area contributed by atoms with Crippen LogP contribution < -0.4 is 5.73 Å². The molecular weight excluding hydrogens is 658 g/mol. The summed E-state index contributed by atoms with van der Waals surface area (Å²) in [6.45, 7) is 14.2. The zero-order chi connectivity index (χ0) is 38.1. The molecule has 0 aromatic carbocycles. The molecule has 8 N–H and O–H groups in total. The summed E-state index contributed by atoms with van der Waals surface area (Å²) < 4.78 is 36.5. The Labute approximate surface area is 295 Å². The fourth-order valence-electron chi connectivity index (χ4n) is 7.83. The summed E-state index contributed by atoms with van der Waals surface area (Å²) in [7, 11) is 1.46. The predicted molar refractivity (Wildman–Crippen MR) is 178 cm³/mol. The molecule has 3 fully saturated rings. The van der Waals surface area contributed by atoms with Crippen molar-refractivity contribution in [2.75, 3.05) is 13.7 Å². The summed E-state index contributed by atoms with van der Waals surface area (Å²) >= 11 is 0. The lowest BCUT2D eigenvalue weighted by Gasteiger charge is -2.48. The van der Waals surface area contributed by atoms with Gasteiger partial charge in [-0.3, -0.25) is 9.59 Å². The highest BCUT2D eigenvalue weighted by Gasteiger charge is 2.53. The number of Topliss-reactive ketones (excluding diaryl/α,β-unsaturated/α-hetero) is 1. The third-order valence-electron chi connectivity index (χ3n) is 11.2. The topological polar surface area (TPSA) is 237 Å². The number of carbonyl (C=O) groups excluding carboxylic acids is 2. The van der Waals surface area contributed by atoms with Gasteiger partial charge in [0, 0.05) is 25.4 Å². The third-order valence-corrected chi connectivity index (χ3v) is 11.2. The highest BCUT2D eigenvalue weighted by Crippen LogP contribution is 2.40. The van der Waals surface area contributed by atoms with Crippen molar-refractivity contribution in [1.82, 2.24) is 0 Å². The quantitative estimate of drug-likeness (QED) is 0.173.